The van der Waals surface area contributed by atoms with Crippen molar-refractivity contribution in [1.29, 1.82) is 0 Å². The summed E-state index contributed by atoms with van der Waals surface area (Å²) in [5.74, 6) is 0.0932. The summed E-state index contributed by atoms with van der Waals surface area (Å²) in [6.07, 6.45) is 2.57. The molecule has 0 aliphatic carbocycles. The second-order valence-electron chi connectivity index (χ2n) is 6.24. The molecule has 3 N–H and O–H groups in total. The largest absolute Gasteiger partial charge is 0.354 e. The monoisotopic (exact) mass is 298 g/mol. The molecule has 1 unspecified atom stereocenters. The van der Waals surface area contributed by atoms with Crippen LogP contribution >= 0.6 is 12.4 Å². The molecule has 1 rings (SSSR count). The van der Waals surface area contributed by atoms with E-state index < -0.39 is 0 Å². The Bertz CT molecular complexity index is 387. The van der Waals surface area contributed by atoms with Gasteiger partial charge in [0.1, 0.15) is 0 Å². The number of carbonyl (C=O) groups excluding carboxylic acids is 1. The van der Waals surface area contributed by atoms with Crippen LogP contribution in [0.5, 0.6) is 0 Å². The molecule has 0 spiro atoms. The minimum absolute atomic E-state index is 0. The van der Waals surface area contributed by atoms with Crippen LogP contribution in [0.4, 0.5) is 0 Å². The van der Waals surface area contributed by atoms with Gasteiger partial charge in [-0.2, -0.15) is 0 Å². The predicted molar refractivity (Wildman–Crippen MR) is 86.9 cm³/mol. The molecule has 0 saturated carbocycles. The summed E-state index contributed by atoms with van der Waals surface area (Å²) in [5, 5.41) is 2.90. The zero-order chi connectivity index (χ0) is 14.3. The Morgan fingerprint density at radius 3 is 2.40 bits per heavy atom. The first-order valence-electron chi connectivity index (χ1n) is 6.96. The maximum Gasteiger partial charge on any atom is 0.220 e. The van der Waals surface area contributed by atoms with Gasteiger partial charge in [-0.1, -0.05) is 51.1 Å². The minimum atomic E-state index is -0.132. The third kappa shape index (κ3) is 8.18. The summed E-state index contributed by atoms with van der Waals surface area (Å²) in [5.41, 5.74) is 7.37. The molecule has 0 bridgehead atoms. The zero-order valence-electron chi connectivity index (χ0n) is 12.7. The van der Waals surface area contributed by atoms with Crippen molar-refractivity contribution < 1.29 is 4.79 Å². The van der Waals surface area contributed by atoms with Gasteiger partial charge in [-0.3, -0.25) is 4.79 Å². The number of nitrogens with one attached hydrogen (secondary N) is 1. The Morgan fingerprint density at radius 1 is 1.25 bits per heavy atom. The van der Waals surface area contributed by atoms with E-state index in [1.54, 1.807) is 0 Å². The zero-order valence-corrected chi connectivity index (χ0v) is 13.5. The smallest absolute Gasteiger partial charge is 0.220 e. The molecule has 0 radical (unpaired) electrons. The number of carbonyl (C=O) groups is 1. The van der Waals surface area contributed by atoms with Gasteiger partial charge in [0.15, 0.2) is 0 Å². The van der Waals surface area contributed by atoms with Crippen LogP contribution in [-0.4, -0.2) is 12.5 Å². The lowest BCUT2D eigenvalue weighted by Crippen LogP contribution is -2.31. The highest BCUT2D eigenvalue weighted by molar-refractivity contribution is 5.85. The molecule has 1 aromatic rings. The summed E-state index contributed by atoms with van der Waals surface area (Å²) < 4.78 is 0. The fraction of sp³-hybridized carbons (Fsp3) is 0.562. The second kappa shape index (κ2) is 8.98. The van der Waals surface area contributed by atoms with Gasteiger partial charge in [0.25, 0.3) is 0 Å². The highest BCUT2D eigenvalue weighted by Gasteiger charge is 2.12. The summed E-state index contributed by atoms with van der Waals surface area (Å²) >= 11 is 0. The fourth-order valence-electron chi connectivity index (χ4n) is 1.91. The van der Waals surface area contributed by atoms with Crippen LogP contribution < -0.4 is 11.1 Å². The number of rotatable bonds is 6. The van der Waals surface area contributed by atoms with Gasteiger partial charge in [0, 0.05) is 19.0 Å². The second-order valence-corrected chi connectivity index (χ2v) is 6.24. The summed E-state index contributed by atoms with van der Waals surface area (Å²) in [4.78, 5) is 11.7. The van der Waals surface area contributed by atoms with Gasteiger partial charge in [0.2, 0.25) is 5.91 Å². The maximum atomic E-state index is 11.7. The van der Waals surface area contributed by atoms with E-state index in [-0.39, 0.29) is 24.4 Å². The standard InChI is InChI=1S/C16H26N2O.ClH/c1-16(2,3)11-7-10-15(19)18-12-14(17)13-8-5-4-6-9-13;/h4-6,8-9,14H,7,10-12,17H2,1-3H3,(H,18,19);1H. The van der Waals surface area contributed by atoms with Crippen LogP contribution in [0.3, 0.4) is 0 Å². The van der Waals surface area contributed by atoms with Crippen molar-refractivity contribution in [3.05, 3.63) is 35.9 Å². The van der Waals surface area contributed by atoms with Crippen LogP contribution in [0.1, 0.15) is 51.6 Å². The van der Waals surface area contributed by atoms with E-state index >= 15 is 0 Å². The molecule has 0 saturated heterocycles. The van der Waals surface area contributed by atoms with Crippen molar-refractivity contribution in [2.24, 2.45) is 11.1 Å². The molecule has 3 nitrogen and oxygen atoms in total. The fourth-order valence-corrected chi connectivity index (χ4v) is 1.91. The van der Waals surface area contributed by atoms with E-state index in [1.165, 1.54) is 0 Å². The summed E-state index contributed by atoms with van der Waals surface area (Å²) in [6, 6.07) is 9.71. The Hall–Kier alpha value is -1.06. The predicted octanol–water partition coefficient (Wildman–Crippen LogP) is 3.44. The average Bonchev–Trinajstić information content (AvgIpc) is 2.35. The van der Waals surface area contributed by atoms with Gasteiger partial charge in [-0.25, -0.2) is 0 Å². The molecule has 0 aromatic heterocycles. The highest BCUT2D eigenvalue weighted by Crippen LogP contribution is 2.21. The van der Waals surface area contributed by atoms with Crippen molar-refractivity contribution in [3.8, 4) is 0 Å². The Labute approximate surface area is 128 Å². The van der Waals surface area contributed by atoms with Crippen molar-refractivity contribution in [1.82, 2.24) is 5.32 Å². The molecule has 1 atom stereocenters. The summed E-state index contributed by atoms with van der Waals surface area (Å²) in [7, 11) is 0. The third-order valence-corrected chi connectivity index (χ3v) is 3.08. The quantitative estimate of drug-likeness (QED) is 0.845. The first-order valence-corrected chi connectivity index (χ1v) is 6.96. The van der Waals surface area contributed by atoms with E-state index in [9.17, 15) is 4.79 Å². The normalized spacial score (nSPS) is 12.4. The number of benzene rings is 1. The number of amides is 1. The van der Waals surface area contributed by atoms with Crippen LogP contribution in [-0.2, 0) is 4.79 Å². The highest BCUT2D eigenvalue weighted by atomic mass is 35.5. The molecule has 20 heavy (non-hydrogen) atoms. The van der Waals surface area contributed by atoms with Crippen molar-refractivity contribution in [2.75, 3.05) is 6.54 Å². The van der Waals surface area contributed by atoms with E-state index in [4.69, 9.17) is 5.73 Å². The topological polar surface area (TPSA) is 55.1 Å². The molecular formula is C16H27ClN2O. The molecule has 4 heteroatoms. The molecular weight excluding hydrogens is 272 g/mol. The lowest BCUT2D eigenvalue weighted by atomic mass is 9.90. The summed E-state index contributed by atoms with van der Waals surface area (Å²) in [6.45, 7) is 7.07. The Balaban J connectivity index is 0.00000361. The molecule has 0 aliphatic heterocycles. The van der Waals surface area contributed by atoms with Gasteiger partial charge < -0.3 is 11.1 Å². The van der Waals surface area contributed by atoms with Crippen LogP contribution in [0, 0.1) is 5.41 Å². The molecule has 0 fully saturated rings. The number of hydrogen-bond acceptors (Lipinski definition) is 2. The van der Waals surface area contributed by atoms with Gasteiger partial charge in [-0.05, 0) is 23.8 Å². The molecule has 114 valence electrons. The first kappa shape index (κ1) is 18.9. The molecule has 0 aliphatic rings. The molecule has 1 aromatic carbocycles. The lowest BCUT2D eigenvalue weighted by molar-refractivity contribution is -0.121. The number of hydrogen-bond donors (Lipinski definition) is 2. The first-order chi connectivity index (χ1) is 8.88. The maximum absolute atomic E-state index is 11.7. The van der Waals surface area contributed by atoms with Crippen LogP contribution in [0.25, 0.3) is 0 Å². The van der Waals surface area contributed by atoms with Crippen molar-refractivity contribution >= 4 is 18.3 Å². The Kier molecular flexibility index (Phi) is 8.51. The Morgan fingerprint density at radius 2 is 1.85 bits per heavy atom. The lowest BCUT2D eigenvalue weighted by Gasteiger charge is -2.17. The van der Waals surface area contributed by atoms with Gasteiger partial charge in [-0.15, -0.1) is 12.4 Å². The van der Waals surface area contributed by atoms with Crippen LogP contribution in [0.15, 0.2) is 30.3 Å². The number of halogens is 1. The SMILES string of the molecule is CC(C)(C)CCCC(=O)NCC(N)c1ccccc1.Cl. The number of nitrogens with two attached hydrogens (primary N) is 1. The van der Waals surface area contributed by atoms with Gasteiger partial charge in [0.05, 0.1) is 0 Å². The van der Waals surface area contributed by atoms with Gasteiger partial charge >= 0.3 is 0 Å². The van der Waals surface area contributed by atoms with Crippen molar-refractivity contribution in [2.45, 2.75) is 46.1 Å². The minimum Gasteiger partial charge on any atom is -0.354 e. The molecule has 0 heterocycles. The van der Waals surface area contributed by atoms with Crippen LogP contribution in [0.2, 0.25) is 0 Å². The molecule has 1 amide bonds. The van der Waals surface area contributed by atoms with E-state index in [0.29, 0.717) is 18.4 Å². The van der Waals surface area contributed by atoms with E-state index in [0.717, 1.165) is 18.4 Å². The van der Waals surface area contributed by atoms with Crippen molar-refractivity contribution in [3.63, 3.8) is 0 Å². The van der Waals surface area contributed by atoms with E-state index in [1.807, 2.05) is 30.3 Å². The third-order valence-electron chi connectivity index (χ3n) is 3.08. The van der Waals surface area contributed by atoms with E-state index in [2.05, 4.69) is 26.1 Å². The average molecular weight is 299 g/mol.